The molecule has 0 unspecified atom stereocenters. The minimum atomic E-state index is -3.48. The molecule has 140 valence electrons. The van der Waals surface area contributed by atoms with Gasteiger partial charge in [0.1, 0.15) is 16.7 Å². The van der Waals surface area contributed by atoms with E-state index < -0.39 is 21.3 Å². The van der Waals surface area contributed by atoms with Crippen LogP contribution in [-0.2, 0) is 14.9 Å². The van der Waals surface area contributed by atoms with Crippen LogP contribution < -0.4 is 9.47 Å². The zero-order valence-electron chi connectivity index (χ0n) is 14.7. The predicted molar refractivity (Wildman–Crippen MR) is 97.6 cm³/mol. The number of thioether (sulfide) groups is 1. The first-order valence-corrected chi connectivity index (χ1v) is 10.8. The van der Waals surface area contributed by atoms with Crippen LogP contribution in [0.25, 0.3) is 0 Å². The van der Waals surface area contributed by atoms with Gasteiger partial charge in [0, 0.05) is 37.2 Å². The summed E-state index contributed by atoms with van der Waals surface area (Å²) in [7, 11) is 1.43. The molecule has 0 N–H and O–H groups in total. The minimum Gasteiger partial charge on any atom is -0.497 e. The number of rotatable bonds is 5. The topological polar surface area (TPSA) is 68.3 Å². The zero-order chi connectivity index (χ0) is 18.0. The van der Waals surface area contributed by atoms with Crippen LogP contribution in [0.4, 0.5) is 0 Å². The van der Waals surface area contributed by atoms with Crippen molar-refractivity contribution < 1.29 is 22.7 Å². The highest BCUT2D eigenvalue weighted by atomic mass is 32.2. The van der Waals surface area contributed by atoms with E-state index in [-0.39, 0.29) is 6.61 Å². The van der Waals surface area contributed by atoms with Crippen LogP contribution in [0.5, 0.6) is 11.5 Å². The quantitative estimate of drug-likeness (QED) is 0.755. The summed E-state index contributed by atoms with van der Waals surface area (Å²) in [6, 6.07) is 4.96. The van der Waals surface area contributed by atoms with Crippen LogP contribution in [0.3, 0.4) is 0 Å². The van der Waals surface area contributed by atoms with Gasteiger partial charge in [-0.25, -0.2) is 8.42 Å². The molecule has 9 heteroatoms. The molecule has 0 amide bonds. The van der Waals surface area contributed by atoms with Crippen molar-refractivity contribution in [3.05, 3.63) is 23.8 Å². The van der Waals surface area contributed by atoms with E-state index in [1.165, 1.54) is 0 Å². The van der Waals surface area contributed by atoms with Crippen molar-refractivity contribution in [2.75, 3.05) is 52.5 Å². The fraction of sp³-hybridized carbons (Fsp3) is 0.625. The Balaban J connectivity index is 1.99. The van der Waals surface area contributed by atoms with Crippen molar-refractivity contribution in [2.24, 2.45) is 0 Å². The van der Waals surface area contributed by atoms with Crippen molar-refractivity contribution in [1.29, 1.82) is 0 Å². The number of methoxy groups -OCH3 is 2. The second-order valence-corrected chi connectivity index (χ2v) is 9.37. The smallest absolute Gasteiger partial charge is 0.221 e. The standard InChI is InChI=1S/C16H24N2O5S2/c1-17-16(13-10-12(21-2)4-5-14(13)22-3)15(11-23-17)25(19,20)18-6-8-24-9-7-18/h4-5,10,15-16H,6-9,11H2,1-3H3/t15-,16+/m1/s1. The maximum Gasteiger partial charge on any atom is 0.221 e. The Hall–Kier alpha value is -1.00. The van der Waals surface area contributed by atoms with Gasteiger partial charge in [-0.15, -0.1) is 0 Å². The highest BCUT2D eigenvalue weighted by molar-refractivity contribution is 7.99. The largest absolute Gasteiger partial charge is 0.497 e. The van der Waals surface area contributed by atoms with Crippen molar-refractivity contribution in [3.8, 4) is 11.5 Å². The van der Waals surface area contributed by atoms with Gasteiger partial charge in [-0.05, 0) is 18.2 Å². The summed E-state index contributed by atoms with van der Waals surface area (Å²) in [6.07, 6.45) is 0. The first-order chi connectivity index (χ1) is 12.0. The van der Waals surface area contributed by atoms with Crippen molar-refractivity contribution >= 4 is 21.8 Å². The Bertz CT molecular complexity index is 706. The lowest BCUT2D eigenvalue weighted by Crippen LogP contribution is -2.45. The van der Waals surface area contributed by atoms with E-state index in [1.807, 2.05) is 6.07 Å². The van der Waals surface area contributed by atoms with Crippen LogP contribution in [0.15, 0.2) is 18.2 Å². The third kappa shape index (κ3) is 3.61. The Morgan fingerprint density at radius 2 is 1.92 bits per heavy atom. The maximum atomic E-state index is 13.2. The first kappa shape index (κ1) is 18.8. The lowest BCUT2D eigenvalue weighted by atomic mass is 10.0. The first-order valence-electron chi connectivity index (χ1n) is 8.13. The Labute approximate surface area is 153 Å². The van der Waals surface area contributed by atoms with Gasteiger partial charge < -0.3 is 9.47 Å². The Kier molecular flexibility index (Phi) is 5.79. The molecule has 2 atom stereocenters. The molecule has 0 bridgehead atoms. The fourth-order valence-corrected chi connectivity index (χ4v) is 6.39. The van der Waals surface area contributed by atoms with E-state index in [9.17, 15) is 8.42 Å². The Morgan fingerprint density at radius 1 is 1.20 bits per heavy atom. The highest BCUT2D eigenvalue weighted by Gasteiger charge is 2.47. The van der Waals surface area contributed by atoms with E-state index in [4.69, 9.17) is 14.3 Å². The lowest BCUT2D eigenvalue weighted by molar-refractivity contribution is -0.110. The number of nitrogens with zero attached hydrogens (tertiary/aromatic N) is 2. The lowest BCUT2D eigenvalue weighted by Gasteiger charge is -2.31. The van der Waals surface area contributed by atoms with E-state index in [1.54, 1.807) is 54.5 Å². The number of ether oxygens (including phenoxy) is 2. The summed E-state index contributed by atoms with van der Waals surface area (Å²) >= 11 is 1.78. The van der Waals surface area contributed by atoms with Crippen LogP contribution in [0.1, 0.15) is 11.6 Å². The van der Waals surface area contributed by atoms with Crippen LogP contribution in [0.2, 0.25) is 0 Å². The van der Waals surface area contributed by atoms with Gasteiger partial charge >= 0.3 is 0 Å². The van der Waals surface area contributed by atoms with E-state index in [2.05, 4.69) is 0 Å². The summed E-state index contributed by atoms with van der Waals surface area (Å²) in [4.78, 5) is 5.61. The van der Waals surface area contributed by atoms with Crippen LogP contribution in [0, 0.1) is 0 Å². The molecule has 1 aromatic carbocycles. The SMILES string of the molecule is COc1ccc(OC)c([C@H]2[C@H](S(=O)(=O)N3CCSCC3)CON2C)c1. The van der Waals surface area contributed by atoms with Gasteiger partial charge in [-0.3, -0.25) is 4.84 Å². The van der Waals surface area contributed by atoms with Gasteiger partial charge in [0.05, 0.1) is 26.9 Å². The van der Waals surface area contributed by atoms with Crippen LogP contribution >= 0.6 is 11.8 Å². The van der Waals surface area contributed by atoms with E-state index in [0.29, 0.717) is 24.6 Å². The summed E-state index contributed by atoms with van der Waals surface area (Å²) in [5.74, 6) is 2.94. The molecule has 7 nitrogen and oxygen atoms in total. The second-order valence-electron chi connectivity index (χ2n) is 5.99. The third-order valence-corrected chi connectivity index (χ3v) is 7.84. The molecule has 0 spiro atoms. The fourth-order valence-electron chi connectivity index (χ4n) is 3.30. The molecule has 0 saturated carbocycles. The third-order valence-electron chi connectivity index (χ3n) is 4.65. The maximum absolute atomic E-state index is 13.2. The molecule has 2 aliphatic rings. The highest BCUT2D eigenvalue weighted by Crippen LogP contribution is 2.40. The normalized spacial score (nSPS) is 25.9. The second kappa shape index (κ2) is 7.71. The Morgan fingerprint density at radius 3 is 2.56 bits per heavy atom. The minimum absolute atomic E-state index is 0.132. The molecule has 2 aliphatic heterocycles. The number of benzene rings is 1. The van der Waals surface area contributed by atoms with Gasteiger partial charge in [0.2, 0.25) is 10.0 Å². The molecular formula is C16H24N2O5S2. The average Bonchev–Trinajstić information content (AvgIpc) is 3.04. The molecule has 3 rings (SSSR count). The molecule has 0 aromatic heterocycles. The summed E-state index contributed by atoms with van der Waals surface area (Å²) in [6.45, 7) is 1.23. The molecule has 2 fully saturated rings. The van der Waals surface area contributed by atoms with Gasteiger partial charge in [0.15, 0.2) is 0 Å². The number of hydrogen-bond acceptors (Lipinski definition) is 7. The van der Waals surface area contributed by atoms with Crippen molar-refractivity contribution in [1.82, 2.24) is 9.37 Å². The van der Waals surface area contributed by atoms with E-state index in [0.717, 1.165) is 17.1 Å². The summed E-state index contributed by atoms with van der Waals surface area (Å²) in [5, 5.41) is 0.930. The molecular weight excluding hydrogens is 364 g/mol. The number of hydroxylamine groups is 2. The van der Waals surface area contributed by atoms with Gasteiger partial charge in [0.25, 0.3) is 0 Å². The molecule has 0 radical (unpaired) electrons. The number of hydrogen-bond donors (Lipinski definition) is 0. The average molecular weight is 389 g/mol. The monoisotopic (exact) mass is 388 g/mol. The molecule has 25 heavy (non-hydrogen) atoms. The van der Waals surface area contributed by atoms with Crippen molar-refractivity contribution in [2.45, 2.75) is 11.3 Å². The summed E-state index contributed by atoms with van der Waals surface area (Å²) < 4.78 is 38.8. The van der Waals surface area contributed by atoms with Gasteiger partial charge in [-0.2, -0.15) is 21.1 Å². The summed E-state index contributed by atoms with van der Waals surface area (Å²) in [5.41, 5.74) is 0.752. The van der Waals surface area contributed by atoms with Crippen molar-refractivity contribution in [3.63, 3.8) is 0 Å². The van der Waals surface area contributed by atoms with E-state index >= 15 is 0 Å². The molecule has 2 saturated heterocycles. The molecule has 1 aromatic rings. The zero-order valence-corrected chi connectivity index (χ0v) is 16.3. The van der Waals surface area contributed by atoms with Crippen LogP contribution in [-0.4, -0.2) is 75.5 Å². The molecule has 2 heterocycles. The predicted octanol–water partition coefficient (Wildman–Crippen LogP) is 1.37. The number of sulfonamides is 1. The van der Waals surface area contributed by atoms with Gasteiger partial charge in [-0.1, -0.05) is 0 Å². The molecule has 0 aliphatic carbocycles.